The molecule has 0 spiro atoms. The molecule has 178 valence electrons. The maximum atomic E-state index is 14.8. The zero-order chi connectivity index (χ0) is 23.3. The number of carbonyl (C=O) groups is 1. The van der Waals surface area contributed by atoms with Crippen molar-refractivity contribution in [1.29, 1.82) is 0 Å². The number of carbonyl (C=O) groups excluding carboxylic acids is 1. The molecule has 5 rings (SSSR count). The van der Waals surface area contributed by atoms with E-state index in [1.165, 1.54) is 6.07 Å². The van der Waals surface area contributed by atoms with Crippen LogP contribution in [0.15, 0.2) is 59.1 Å². The molecule has 3 aromatic rings. The Kier molecular flexibility index (Phi) is 6.87. The van der Waals surface area contributed by atoms with Gasteiger partial charge in [-0.25, -0.2) is 4.39 Å². The molecule has 0 unspecified atom stereocenters. The van der Waals surface area contributed by atoms with Crippen LogP contribution in [0.25, 0.3) is 11.3 Å². The van der Waals surface area contributed by atoms with Gasteiger partial charge in [-0.3, -0.25) is 4.79 Å². The summed E-state index contributed by atoms with van der Waals surface area (Å²) in [6.07, 6.45) is 1.85. The van der Waals surface area contributed by atoms with E-state index >= 15 is 0 Å². The SMILES string of the molecule is O=C(c1ccccc1)N(Cc1c(-c2ccccc2F)noc1N1CCOCC1)C[C@@H]1CCCO1. The molecule has 0 N–H and O–H groups in total. The number of hydrogen-bond acceptors (Lipinski definition) is 6. The molecule has 0 radical (unpaired) electrons. The van der Waals surface area contributed by atoms with Crippen molar-refractivity contribution in [2.75, 3.05) is 44.4 Å². The topological polar surface area (TPSA) is 68.0 Å². The van der Waals surface area contributed by atoms with Crippen molar-refractivity contribution < 1.29 is 23.2 Å². The van der Waals surface area contributed by atoms with Crippen LogP contribution < -0.4 is 4.90 Å². The van der Waals surface area contributed by atoms with E-state index in [9.17, 15) is 9.18 Å². The first-order valence-electron chi connectivity index (χ1n) is 11.7. The van der Waals surface area contributed by atoms with Gasteiger partial charge in [0.2, 0.25) is 5.88 Å². The number of anilines is 1. The minimum Gasteiger partial charge on any atom is -0.378 e. The third-order valence-electron chi connectivity index (χ3n) is 6.30. The maximum absolute atomic E-state index is 14.8. The lowest BCUT2D eigenvalue weighted by Gasteiger charge is -2.29. The number of aromatic nitrogens is 1. The first-order valence-corrected chi connectivity index (χ1v) is 11.7. The molecule has 0 saturated carbocycles. The van der Waals surface area contributed by atoms with E-state index in [-0.39, 0.29) is 24.4 Å². The highest BCUT2D eigenvalue weighted by Crippen LogP contribution is 2.34. The highest BCUT2D eigenvalue weighted by atomic mass is 19.1. The van der Waals surface area contributed by atoms with Crippen LogP contribution in [0.1, 0.15) is 28.8 Å². The lowest BCUT2D eigenvalue weighted by molar-refractivity contribution is 0.0507. The predicted molar refractivity (Wildman–Crippen MR) is 125 cm³/mol. The Hall–Kier alpha value is -3.23. The first-order chi connectivity index (χ1) is 16.7. The molecule has 7 nitrogen and oxygen atoms in total. The molecule has 8 heteroatoms. The van der Waals surface area contributed by atoms with Crippen LogP contribution in [0, 0.1) is 5.82 Å². The van der Waals surface area contributed by atoms with Gasteiger partial charge in [-0.1, -0.05) is 35.5 Å². The second-order valence-electron chi connectivity index (χ2n) is 8.58. The minimum atomic E-state index is -0.384. The summed E-state index contributed by atoms with van der Waals surface area (Å²) in [5.41, 5.74) is 2.05. The Balaban J connectivity index is 1.53. The fourth-order valence-electron chi connectivity index (χ4n) is 4.53. The van der Waals surface area contributed by atoms with E-state index in [1.807, 2.05) is 23.1 Å². The average molecular weight is 466 g/mol. The monoisotopic (exact) mass is 465 g/mol. The number of hydrogen-bond donors (Lipinski definition) is 0. The summed E-state index contributed by atoms with van der Waals surface area (Å²) < 4.78 is 31.9. The van der Waals surface area contributed by atoms with Gasteiger partial charge in [0.25, 0.3) is 5.91 Å². The van der Waals surface area contributed by atoms with Crippen LogP contribution in [0.3, 0.4) is 0 Å². The van der Waals surface area contributed by atoms with Crippen molar-refractivity contribution >= 4 is 11.8 Å². The molecule has 2 aliphatic heterocycles. The second-order valence-corrected chi connectivity index (χ2v) is 8.58. The molecule has 1 atom stereocenters. The molecule has 2 aromatic carbocycles. The summed E-state index contributed by atoms with van der Waals surface area (Å²) in [4.78, 5) is 17.4. The third kappa shape index (κ3) is 4.83. The van der Waals surface area contributed by atoms with E-state index in [0.717, 1.165) is 12.8 Å². The summed E-state index contributed by atoms with van der Waals surface area (Å²) in [6.45, 7) is 3.78. The van der Waals surface area contributed by atoms with Crippen molar-refractivity contribution in [3.63, 3.8) is 0 Å². The fraction of sp³-hybridized carbons (Fsp3) is 0.385. The van der Waals surface area contributed by atoms with E-state index in [0.29, 0.717) is 67.7 Å². The Morgan fingerprint density at radius 3 is 2.56 bits per heavy atom. The van der Waals surface area contributed by atoms with E-state index in [1.54, 1.807) is 35.2 Å². The van der Waals surface area contributed by atoms with Crippen LogP contribution in [0.2, 0.25) is 0 Å². The number of rotatable bonds is 7. The molecule has 2 aliphatic rings. The molecule has 2 fully saturated rings. The van der Waals surface area contributed by atoms with E-state index < -0.39 is 0 Å². The molecule has 3 heterocycles. The zero-order valence-electron chi connectivity index (χ0n) is 19.0. The number of morpholine rings is 1. The largest absolute Gasteiger partial charge is 0.378 e. The van der Waals surface area contributed by atoms with Crippen LogP contribution in [-0.2, 0) is 16.0 Å². The first kappa shape index (κ1) is 22.6. The second kappa shape index (κ2) is 10.4. The van der Waals surface area contributed by atoms with Gasteiger partial charge in [0.15, 0.2) is 0 Å². The number of benzene rings is 2. The predicted octanol–water partition coefficient (Wildman–Crippen LogP) is 4.14. The Morgan fingerprint density at radius 2 is 1.82 bits per heavy atom. The minimum absolute atomic E-state index is 0.0312. The number of amides is 1. The summed E-state index contributed by atoms with van der Waals surface area (Å²) in [5, 5.41) is 4.27. The van der Waals surface area contributed by atoms with Gasteiger partial charge in [0.1, 0.15) is 11.5 Å². The molecule has 2 saturated heterocycles. The Bertz CT molecular complexity index is 1110. The Labute approximate surface area is 198 Å². The van der Waals surface area contributed by atoms with E-state index in [4.69, 9.17) is 14.0 Å². The summed E-state index contributed by atoms with van der Waals surface area (Å²) >= 11 is 0. The highest BCUT2D eigenvalue weighted by Gasteiger charge is 2.30. The number of nitrogens with zero attached hydrogens (tertiary/aromatic N) is 3. The molecule has 0 aliphatic carbocycles. The van der Waals surface area contributed by atoms with Crippen LogP contribution in [-0.4, -0.2) is 61.5 Å². The fourth-order valence-corrected chi connectivity index (χ4v) is 4.53. The van der Waals surface area contributed by atoms with Gasteiger partial charge in [-0.05, 0) is 37.1 Å². The van der Waals surface area contributed by atoms with Crippen LogP contribution in [0.5, 0.6) is 0 Å². The van der Waals surface area contributed by atoms with Crippen molar-refractivity contribution in [1.82, 2.24) is 10.1 Å². The standard InChI is InChI=1S/C26H28FN3O4/c27-23-11-5-4-10-21(23)24-22(26(34-28-24)29-12-15-32-16-13-29)18-30(17-20-9-6-14-33-20)25(31)19-7-2-1-3-8-19/h1-5,7-8,10-11,20H,6,9,12-18H2/t20-/m0/s1. The maximum Gasteiger partial charge on any atom is 0.254 e. The number of halogens is 1. The van der Waals surface area contributed by atoms with Crippen molar-refractivity contribution in [2.24, 2.45) is 0 Å². The van der Waals surface area contributed by atoms with E-state index in [2.05, 4.69) is 5.16 Å². The van der Waals surface area contributed by atoms with Gasteiger partial charge < -0.3 is 23.8 Å². The van der Waals surface area contributed by atoms with Gasteiger partial charge in [0, 0.05) is 37.4 Å². The zero-order valence-corrected chi connectivity index (χ0v) is 19.0. The molecular weight excluding hydrogens is 437 g/mol. The quantitative estimate of drug-likeness (QED) is 0.523. The summed E-state index contributed by atoms with van der Waals surface area (Å²) in [5.74, 6) is 0.0649. The van der Waals surface area contributed by atoms with Gasteiger partial charge >= 0.3 is 0 Å². The smallest absolute Gasteiger partial charge is 0.254 e. The van der Waals surface area contributed by atoms with Crippen molar-refractivity contribution in [3.05, 3.63) is 71.5 Å². The lowest BCUT2D eigenvalue weighted by Crippen LogP contribution is -2.39. The lowest BCUT2D eigenvalue weighted by atomic mass is 10.0. The molecular formula is C26H28FN3O4. The normalized spacial score (nSPS) is 18.3. The molecule has 1 amide bonds. The summed E-state index contributed by atoms with van der Waals surface area (Å²) in [7, 11) is 0. The Morgan fingerprint density at radius 1 is 1.06 bits per heavy atom. The van der Waals surface area contributed by atoms with Crippen LogP contribution >= 0.6 is 0 Å². The third-order valence-corrected chi connectivity index (χ3v) is 6.30. The average Bonchev–Trinajstić information content (AvgIpc) is 3.55. The molecule has 0 bridgehead atoms. The van der Waals surface area contributed by atoms with Crippen molar-refractivity contribution in [2.45, 2.75) is 25.5 Å². The summed E-state index contributed by atoms with van der Waals surface area (Å²) in [6, 6.07) is 15.7. The van der Waals surface area contributed by atoms with Crippen molar-refractivity contribution in [3.8, 4) is 11.3 Å². The highest BCUT2D eigenvalue weighted by molar-refractivity contribution is 5.94. The van der Waals surface area contributed by atoms with Gasteiger partial charge in [0.05, 0.1) is 31.4 Å². The van der Waals surface area contributed by atoms with Crippen LogP contribution in [0.4, 0.5) is 10.3 Å². The molecule has 34 heavy (non-hydrogen) atoms. The van der Waals surface area contributed by atoms with Gasteiger partial charge in [-0.15, -0.1) is 0 Å². The number of ether oxygens (including phenoxy) is 2. The molecule has 1 aromatic heterocycles. The van der Waals surface area contributed by atoms with Gasteiger partial charge in [-0.2, -0.15) is 0 Å².